The summed E-state index contributed by atoms with van der Waals surface area (Å²) in [6.45, 7) is 2.75. The van der Waals surface area contributed by atoms with Crippen LogP contribution in [0.3, 0.4) is 0 Å². The van der Waals surface area contributed by atoms with Crippen LogP contribution in [0.1, 0.15) is 23.6 Å². The van der Waals surface area contributed by atoms with Crippen LogP contribution >= 0.6 is 0 Å². The fraction of sp³-hybridized carbons (Fsp3) is 0.250. The highest BCUT2D eigenvalue weighted by atomic mass is 19.1. The summed E-state index contributed by atoms with van der Waals surface area (Å²) in [4.78, 5) is 24.2. The summed E-state index contributed by atoms with van der Waals surface area (Å²) in [6.07, 6.45) is 1.89. The quantitative estimate of drug-likeness (QED) is 0.213. The lowest BCUT2D eigenvalue weighted by Crippen LogP contribution is -2.38. The summed E-state index contributed by atoms with van der Waals surface area (Å²) in [5, 5.41) is 6.41. The molecule has 2 amide bonds. The van der Waals surface area contributed by atoms with Gasteiger partial charge in [-0.25, -0.2) is 9.82 Å². The van der Waals surface area contributed by atoms with E-state index in [0.717, 1.165) is 11.1 Å². The molecule has 9 nitrogen and oxygen atoms in total. The molecule has 0 unspecified atom stereocenters. The van der Waals surface area contributed by atoms with Gasteiger partial charge < -0.3 is 24.3 Å². The zero-order chi connectivity index (χ0) is 27.3. The highest BCUT2D eigenvalue weighted by molar-refractivity contribution is 6.35. The molecule has 38 heavy (non-hydrogen) atoms. The Morgan fingerprint density at radius 2 is 1.55 bits per heavy atom. The van der Waals surface area contributed by atoms with Crippen molar-refractivity contribution in [1.29, 1.82) is 0 Å². The van der Waals surface area contributed by atoms with Crippen LogP contribution in [0.15, 0.2) is 65.8 Å². The van der Waals surface area contributed by atoms with Crippen LogP contribution in [0.25, 0.3) is 0 Å². The molecule has 0 atom stereocenters. The molecule has 200 valence electrons. The molecule has 0 heterocycles. The minimum Gasteiger partial charge on any atom is -0.493 e. The van der Waals surface area contributed by atoms with E-state index in [0.29, 0.717) is 41.6 Å². The van der Waals surface area contributed by atoms with Crippen LogP contribution in [0.5, 0.6) is 23.0 Å². The number of hydrogen-bond acceptors (Lipinski definition) is 7. The standard InChI is InChI=1S/C28H30FN3O6/c1-4-37-26-16-21(8-12-24(26)38-18-20-5-9-22(29)10-6-20)17-31-32-28(34)27(33)30-14-13-19-7-11-23(35-2)25(15-19)36-3/h5-12,15-17H,4,13-14,18H2,1-3H3,(H,30,33)(H,32,34)/b31-17-. The van der Waals surface area contributed by atoms with Gasteiger partial charge in [0.15, 0.2) is 23.0 Å². The number of hydrogen-bond donors (Lipinski definition) is 2. The van der Waals surface area contributed by atoms with Crippen LogP contribution in [0, 0.1) is 5.82 Å². The lowest BCUT2D eigenvalue weighted by molar-refractivity contribution is -0.139. The molecule has 0 aromatic heterocycles. The van der Waals surface area contributed by atoms with Gasteiger partial charge in [0.25, 0.3) is 0 Å². The van der Waals surface area contributed by atoms with Gasteiger partial charge in [-0.15, -0.1) is 0 Å². The van der Waals surface area contributed by atoms with Crippen molar-refractivity contribution < 1.29 is 32.9 Å². The lowest BCUT2D eigenvalue weighted by atomic mass is 10.1. The predicted molar refractivity (Wildman–Crippen MR) is 140 cm³/mol. The van der Waals surface area contributed by atoms with Crippen molar-refractivity contribution >= 4 is 18.0 Å². The number of amides is 2. The number of halogens is 1. The van der Waals surface area contributed by atoms with Gasteiger partial charge in [0.05, 0.1) is 27.0 Å². The molecule has 3 rings (SSSR count). The van der Waals surface area contributed by atoms with E-state index in [1.165, 1.54) is 18.3 Å². The van der Waals surface area contributed by atoms with Crippen molar-refractivity contribution in [2.45, 2.75) is 20.0 Å². The second-order valence-electron chi connectivity index (χ2n) is 7.95. The SMILES string of the molecule is CCOc1cc(/C=N\NC(=O)C(=O)NCCc2ccc(OC)c(OC)c2)ccc1OCc1ccc(F)cc1. The highest BCUT2D eigenvalue weighted by Crippen LogP contribution is 2.29. The Morgan fingerprint density at radius 1 is 0.842 bits per heavy atom. The minimum atomic E-state index is -0.891. The third-order valence-corrected chi connectivity index (χ3v) is 5.31. The maximum Gasteiger partial charge on any atom is 0.329 e. The van der Waals surface area contributed by atoms with Crippen molar-refractivity contribution in [2.75, 3.05) is 27.4 Å². The molecule has 0 spiro atoms. The molecule has 10 heteroatoms. The van der Waals surface area contributed by atoms with E-state index >= 15 is 0 Å². The van der Waals surface area contributed by atoms with Crippen LogP contribution < -0.4 is 29.7 Å². The monoisotopic (exact) mass is 523 g/mol. The van der Waals surface area contributed by atoms with Gasteiger partial charge in [0, 0.05) is 6.54 Å². The minimum absolute atomic E-state index is 0.241. The summed E-state index contributed by atoms with van der Waals surface area (Å²) >= 11 is 0. The third kappa shape index (κ3) is 8.22. The van der Waals surface area contributed by atoms with E-state index in [-0.39, 0.29) is 19.0 Å². The van der Waals surface area contributed by atoms with Crippen molar-refractivity contribution in [3.8, 4) is 23.0 Å². The Kier molecular flexibility index (Phi) is 10.5. The number of hydrazone groups is 1. The van der Waals surface area contributed by atoms with Crippen molar-refractivity contribution in [3.63, 3.8) is 0 Å². The predicted octanol–water partition coefficient (Wildman–Crippen LogP) is 3.63. The summed E-state index contributed by atoms with van der Waals surface area (Å²) in [6, 6.07) is 16.6. The summed E-state index contributed by atoms with van der Waals surface area (Å²) in [7, 11) is 3.10. The first kappa shape index (κ1) is 28.0. The number of nitrogens with zero attached hydrogens (tertiary/aromatic N) is 1. The second kappa shape index (κ2) is 14.2. The largest absolute Gasteiger partial charge is 0.493 e. The van der Waals surface area contributed by atoms with Crippen LogP contribution in [0.2, 0.25) is 0 Å². The van der Waals surface area contributed by atoms with E-state index in [2.05, 4.69) is 15.8 Å². The molecule has 0 bridgehead atoms. The number of methoxy groups -OCH3 is 2. The Balaban J connectivity index is 1.49. The number of carbonyl (C=O) groups excluding carboxylic acids is 2. The number of rotatable bonds is 12. The van der Waals surface area contributed by atoms with E-state index in [1.54, 1.807) is 50.6 Å². The van der Waals surface area contributed by atoms with E-state index < -0.39 is 11.8 Å². The Labute approximate surface area is 220 Å². The number of nitrogens with one attached hydrogen (secondary N) is 2. The Hall–Kier alpha value is -4.60. The third-order valence-electron chi connectivity index (χ3n) is 5.31. The zero-order valence-electron chi connectivity index (χ0n) is 21.5. The fourth-order valence-electron chi connectivity index (χ4n) is 3.39. The van der Waals surface area contributed by atoms with Gasteiger partial charge in [0.1, 0.15) is 12.4 Å². The smallest absolute Gasteiger partial charge is 0.329 e. The van der Waals surface area contributed by atoms with Gasteiger partial charge in [-0.2, -0.15) is 5.10 Å². The van der Waals surface area contributed by atoms with Gasteiger partial charge in [0.2, 0.25) is 0 Å². The Morgan fingerprint density at radius 3 is 2.26 bits per heavy atom. The molecule has 0 saturated heterocycles. The van der Waals surface area contributed by atoms with Gasteiger partial charge in [-0.1, -0.05) is 18.2 Å². The average Bonchev–Trinajstić information content (AvgIpc) is 2.93. The first-order valence-electron chi connectivity index (χ1n) is 11.9. The molecule has 3 aromatic rings. The maximum atomic E-state index is 13.1. The summed E-state index contributed by atoms with van der Waals surface area (Å²) in [5.41, 5.74) is 4.55. The van der Waals surface area contributed by atoms with E-state index in [1.807, 2.05) is 19.1 Å². The van der Waals surface area contributed by atoms with Crippen LogP contribution in [-0.4, -0.2) is 45.4 Å². The van der Waals surface area contributed by atoms with Gasteiger partial charge >= 0.3 is 11.8 Å². The molecule has 2 N–H and O–H groups in total. The molecule has 0 aliphatic heterocycles. The first-order chi connectivity index (χ1) is 18.4. The van der Waals surface area contributed by atoms with Crippen molar-refractivity contribution in [3.05, 3.63) is 83.2 Å². The summed E-state index contributed by atoms with van der Waals surface area (Å²) < 4.78 is 35.0. The van der Waals surface area contributed by atoms with Gasteiger partial charge in [-0.05, 0) is 72.5 Å². The van der Waals surface area contributed by atoms with Crippen molar-refractivity contribution in [2.24, 2.45) is 5.10 Å². The first-order valence-corrected chi connectivity index (χ1v) is 11.9. The van der Waals surface area contributed by atoms with Crippen molar-refractivity contribution in [1.82, 2.24) is 10.7 Å². The van der Waals surface area contributed by atoms with Gasteiger partial charge in [-0.3, -0.25) is 9.59 Å². The number of ether oxygens (including phenoxy) is 4. The van der Waals surface area contributed by atoms with E-state index in [9.17, 15) is 14.0 Å². The number of benzene rings is 3. The molecular formula is C28H30FN3O6. The molecule has 0 aliphatic carbocycles. The summed E-state index contributed by atoms with van der Waals surface area (Å²) in [5.74, 6) is 0.178. The highest BCUT2D eigenvalue weighted by Gasteiger charge is 2.12. The molecule has 0 aliphatic rings. The molecule has 0 saturated carbocycles. The lowest BCUT2D eigenvalue weighted by Gasteiger charge is -2.12. The molecule has 3 aromatic carbocycles. The molecular weight excluding hydrogens is 493 g/mol. The number of carbonyl (C=O) groups is 2. The molecule has 0 fully saturated rings. The normalized spacial score (nSPS) is 10.6. The van der Waals surface area contributed by atoms with Crippen LogP contribution in [-0.2, 0) is 22.6 Å². The maximum absolute atomic E-state index is 13.1. The molecule has 0 radical (unpaired) electrons. The average molecular weight is 524 g/mol. The zero-order valence-corrected chi connectivity index (χ0v) is 21.5. The second-order valence-corrected chi connectivity index (χ2v) is 7.95. The fourth-order valence-corrected chi connectivity index (χ4v) is 3.39. The van der Waals surface area contributed by atoms with Crippen LogP contribution in [0.4, 0.5) is 4.39 Å². The Bertz CT molecular complexity index is 1260. The topological polar surface area (TPSA) is 107 Å². The van der Waals surface area contributed by atoms with E-state index in [4.69, 9.17) is 18.9 Å².